The molecule has 2 rings (SSSR count). The highest BCUT2D eigenvalue weighted by Crippen LogP contribution is 2.23. The van der Waals surface area contributed by atoms with E-state index < -0.39 is 0 Å². The molecular formula is C19H23ClN2O2. The molecule has 5 heteroatoms. The van der Waals surface area contributed by atoms with Crippen LogP contribution in [-0.4, -0.2) is 18.6 Å². The third kappa shape index (κ3) is 5.87. The molecular weight excluding hydrogens is 324 g/mol. The van der Waals surface area contributed by atoms with Gasteiger partial charge in [0.1, 0.15) is 5.75 Å². The Morgan fingerprint density at radius 2 is 1.88 bits per heavy atom. The molecule has 0 bridgehead atoms. The molecule has 2 N–H and O–H groups in total. The summed E-state index contributed by atoms with van der Waals surface area (Å²) in [5.74, 6) is 0.461. The summed E-state index contributed by atoms with van der Waals surface area (Å²) in [6.07, 6.45) is 0. The van der Waals surface area contributed by atoms with Crippen molar-refractivity contribution < 1.29 is 9.53 Å². The highest BCUT2D eigenvalue weighted by Gasteiger charge is 2.09. The zero-order valence-electron chi connectivity index (χ0n) is 14.2. The molecule has 2 aromatic carbocycles. The number of nitrogens with one attached hydrogen (secondary N) is 2. The van der Waals surface area contributed by atoms with E-state index in [4.69, 9.17) is 16.3 Å². The van der Waals surface area contributed by atoms with Crippen molar-refractivity contribution in [3.63, 3.8) is 0 Å². The first kappa shape index (κ1) is 18.3. The van der Waals surface area contributed by atoms with Crippen molar-refractivity contribution in [3.05, 3.63) is 58.6 Å². The first-order valence-electron chi connectivity index (χ1n) is 7.95. The lowest BCUT2D eigenvalue weighted by atomic mass is 10.2. The first-order valence-corrected chi connectivity index (χ1v) is 8.33. The van der Waals surface area contributed by atoms with Crippen molar-refractivity contribution >= 4 is 23.2 Å². The SMILES string of the molecule is Cc1ccc(NC(=O)COc2ccc(Cl)cc2CNC(C)C)cc1. The van der Waals surface area contributed by atoms with Crippen LogP contribution < -0.4 is 15.4 Å². The average molecular weight is 347 g/mol. The molecule has 1 amide bonds. The Morgan fingerprint density at radius 1 is 1.17 bits per heavy atom. The Morgan fingerprint density at radius 3 is 2.54 bits per heavy atom. The number of rotatable bonds is 7. The summed E-state index contributed by atoms with van der Waals surface area (Å²) in [7, 11) is 0. The fourth-order valence-corrected chi connectivity index (χ4v) is 2.31. The molecule has 0 fully saturated rings. The molecule has 2 aromatic rings. The van der Waals surface area contributed by atoms with Crippen LogP contribution in [0.1, 0.15) is 25.0 Å². The monoisotopic (exact) mass is 346 g/mol. The van der Waals surface area contributed by atoms with E-state index in [2.05, 4.69) is 24.5 Å². The Hall–Kier alpha value is -2.04. The van der Waals surface area contributed by atoms with Gasteiger partial charge in [-0.05, 0) is 37.3 Å². The number of amides is 1. The normalized spacial score (nSPS) is 10.7. The van der Waals surface area contributed by atoms with Crippen molar-refractivity contribution in [2.24, 2.45) is 0 Å². The average Bonchev–Trinajstić information content (AvgIpc) is 2.54. The standard InChI is InChI=1S/C19H23ClN2O2/c1-13(2)21-11-15-10-16(20)6-9-18(15)24-12-19(23)22-17-7-4-14(3)5-8-17/h4-10,13,21H,11-12H2,1-3H3,(H,22,23). The third-order valence-corrected chi connectivity index (χ3v) is 3.65. The summed E-state index contributed by atoms with van der Waals surface area (Å²) < 4.78 is 5.67. The first-order chi connectivity index (χ1) is 11.4. The highest BCUT2D eigenvalue weighted by atomic mass is 35.5. The van der Waals surface area contributed by atoms with E-state index in [1.54, 1.807) is 12.1 Å². The van der Waals surface area contributed by atoms with E-state index in [-0.39, 0.29) is 12.5 Å². The number of carbonyl (C=O) groups is 1. The van der Waals surface area contributed by atoms with Gasteiger partial charge in [-0.2, -0.15) is 0 Å². The second-order valence-corrected chi connectivity index (χ2v) is 6.43. The zero-order valence-corrected chi connectivity index (χ0v) is 15.0. The smallest absolute Gasteiger partial charge is 0.262 e. The molecule has 0 saturated heterocycles. The molecule has 0 aliphatic carbocycles. The lowest BCUT2D eigenvalue weighted by Crippen LogP contribution is -2.23. The summed E-state index contributed by atoms with van der Waals surface area (Å²) >= 11 is 6.05. The molecule has 0 aromatic heterocycles. The van der Waals surface area contributed by atoms with Gasteiger partial charge in [-0.3, -0.25) is 4.79 Å². The zero-order chi connectivity index (χ0) is 17.5. The van der Waals surface area contributed by atoms with E-state index in [0.29, 0.717) is 23.4 Å². The van der Waals surface area contributed by atoms with E-state index in [0.717, 1.165) is 16.8 Å². The minimum Gasteiger partial charge on any atom is -0.483 e. The molecule has 0 heterocycles. The van der Waals surface area contributed by atoms with Gasteiger partial charge in [0.15, 0.2) is 6.61 Å². The summed E-state index contributed by atoms with van der Waals surface area (Å²) in [4.78, 5) is 12.0. The van der Waals surface area contributed by atoms with Gasteiger partial charge >= 0.3 is 0 Å². The molecule has 0 unspecified atom stereocenters. The van der Waals surface area contributed by atoms with E-state index >= 15 is 0 Å². The lowest BCUT2D eigenvalue weighted by molar-refractivity contribution is -0.118. The van der Waals surface area contributed by atoms with Crippen molar-refractivity contribution in [3.8, 4) is 5.75 Å². The van der Waals surface area contributed by atoms with Crippen LogP contribution in [0.3, 0.4) is 0 Å². The maximum Gasteiger partial charge on any atom is 0.262 e. The number of halogens is 1. The van der Waals surface area contributed by atoms with Gasteiger partial charge < -0.3 is 15.4 Å². The van der Waals surface area contributed by atoms with Gasteiger partial charge in [-0.15, -0.1) is 0 Å². The number of ether oxygens (including phenoxy) is 1. The Balaban J connectivity index is 1.95. The molecule has 0 aliphatic heterocycles. The lowest BCUT2D eigenvalue weighted by Gasteiger charge is -2.14. The summed E-state index contributed by atoms with van der Waals surface area (Å²) in [6.45, 7) is 6.72. The van der Waals surface area contributed by atoms with E-state index in [9.17, 15) is 4.79 Å². The van der Waals surface area contributed by atoms with Crippen LogP contribution in [0.25, 0.3) is 0 Å². The molecule has 24 heavy (non-hydrogen) atoms. The van der Waals surface area contributed by atoms with Gasteiger partial charge in [-0.25, -0.2) is 0 Å². The minimum atomic E-state index is -0.198. The van der Waals surface area contributed by atoms with Crippen LogP contribution in [0.15, 0.2) is 42.5 Å². The van der Waals surface area contributed by atoms with Crippen molar-refractivity contribution in [1.29, 1.82) is 0 Å². The summed E-state index contributed by atoms with van der Waals surface area (Å²) in [5, 5.41) is 6.78. The van der Waals surface area contributed by atoms with Gasteiger partial charge in [0.2, 0.25) is 0 Å². The predicted molar refractivity (Wildman–Crippen MR) is 98.7 cm³/mol. The molecule has 4 nitrogen and oxygen atoms in total. The van der Waals surface area contributed by atoms with Gasteiger partial charge in [0.05, 0.1) is 0 Å². The highest BCUT2D eigenvalue weighted by molar-refractivity contribution is 6.30. The van der Waals surface area contributed by atoms with Gasteiger partial charge in [0, 0.05) is 28.9 Å². The number of carbonyl (C=O) groups excluding carboxylic acids is 1. The molecule has 0 radical (unpaired) electrons. The fourth-order valence-electron chi connectivity index (χ4n) is 2.12. The number of benzene rings is 2. The fraction of sp³-hybridized carbons (Fsp3) is 0.316. The Bertz CT molecular complexity index is 684. The van der Waals surface area contributed by atoms with Crippen LogP contribution >= 0.6 is 11.6 Å². The van der Waals surface area contributed by atoms with Gasteiger partial charge in [0.25, 0.3) is 5.91 Å². The Kier molecular flexibility index (Phi) is 6.64. The second-order valence-electron chi connectivity index (χ2n) is 5.99. The maximum absolute atomic E-state index is 12.0. The van der Waals surface area contributed by atoms with Crippen molar-refractivity contribution in [2.75, 3.05) is 11.9 Å². The summed E-state index contributed by atoms with van der Waals surface area (Å²) in [6, 6.07) is 13.4. The molecule has 0 saturated carbocycles. The number of anilines is 1. The molecule has 128 valence electrons. The van der Waals surface area contributed by atoms with Crippen LogP contribution in [0.5, 0.6) is 5.75 Å². The van der Waals surface area contributed by atoms with Crippen LogP contribution in [0.4, 0.5) is 5.69 Å². The third-order valence-electron chi connectivity index (χ3n) is 3.42. The maximum atomic E-state index is 12.0. The van der Waals surface area contributed by atoms with Crippen molar-refractivity contribution in [1.82, 2.24) is 5.32 Å². The molecule has 0 aliphatic rings. The topological polar surface area (TPSA) is 50.4 Å². The largest absolute Gasteiger partial charge is 0.483 e. The Labute approximate surface area is 148 Å². The summed E-state index contributed by atoms with van der Waals surface area (Å²) in [5.41, 5.74) is 2.83. The minimum absolute atomic E-state index is 0.0514. The molecule has 0 spiro atoms. The molecule has 0 atom stereocenters. The quantitative estimate of drug-likeness (QED) is 0.791. The number of hydrogen-bond donors (Lipinski definition) is 2. The van der Waals surface area contributed by atoms with Gasteiger partial charge in [-0.1, -0.05) is 43.1 Å². The number of hydrogen-bond acceptors (Lipinski definition) is 3. The van der Waals surface area contributed by atoms with Crippen LogP contribution in [0.2, 0.25) is 5.02 Å². The van der Waals surface area contributed by atoms with E-state index in [1.165, 1.54) is 0 Å². The van der Waals surface area contributed by atoms with Crippen LogP contribution in [-0.2, 0) is 11.3 Å². The number of aryl methyl sites for hydroxylation is 1. The second kappa shape index (κ2) is 8.71. The van der Waals surface area contributed by atoms with Crippen LogP contribution in [0, 0.1) is 6.92 Å². The predicted octanol–water partition coefficient (Wildman–Crippen LogP) is 4.16. The van der Waals surface area contributed by atoms with E-state index in [1.807, 2.05) is 37.3 Å². The van der Waals surface area contributed by atoms with Crippen molar-refractivity contribution in [2.45, 2.75) is 33.4 Å².